The maximum Gasteiger partial charge on any atom is 0.0388 e. The average Bonchev–Trinajstić information content (AvgIpc) is 2.94. The molecule has 1 nitrogen and oxygen atoms in total. The van der Waals surface area contributed by atoms with Crippen LogP contribution in [0.15, 0.2) is 60.7 Å². The Hall–Kier alpha value is -2.54. The van der Waals surface area contributed by atoms with E-state index >= 15 is 0 Å². The van der Waals surface area contributed by atoms with Gasteiger partial charge in [0.05, 0.1) is 0 Å². The molecular weight excluding hydrogens is 278 g/mol. The molecule has 114 valence electrons. The van der Waals surface area contributed by atoms with Gasteiger partial charge in [0.2, 0.25) is 0 Å². The first kappa shape index (κ1) is 14.1. The highest BCUT2D eigenvalue weighted by molar-refractivity contribution is 5.82. The van der Waals surface area contributed by atoms with E-state index in [4.69, 9.17) is 5.73 Å². The van der Waals surface area contributed by atoms with Crippen LogP contribution in [0.25, 0.3) is 11.1 Å². The van der Waals surface area contributed by atoms with E-state index in [1.807, 2.05) is 0 Å². The van der Waals surface area contributed by atoms with E-state index in [1.165, 1.54) is 38.9 Å². The van der Waals surface area contributed by atoms with Gasteiger partial charge in [-0.3, -0.25) is 0 Å². The molecule has 0 aliphatic heterocycles. The summed E-state index contributed by atoms with van der Waals surface area (Å²) in [5, 5.41) is 0. The van der Waals surface area contributed by atoms with Crippen LogP contribution in [0, 0.1) is 6.92 Å². The van der Waals surface area contributed by atoms with Gasteiger partial charge < -0.3 is 5.73 Å². The summed E-state index contributed by atoms with van der Waals surface area (Å²) in [6.45, 7) is 2.14. The second-order valence-corrected chi connectivity index (χ2v) is 6.49. The summed E-state index contributed by atoms with van der Waals surface area (Å²) in [6, 6.07) is 21.8. The van der Waals surface area contributed by atoms with Crippen LogP contribution >= 0.6 is 0 Å². The topological polar surface area (TPSA) is 26.0 Å². The Kier molecular flexibility index (Phi) is 3.42. The van der Waals surface area contributed by atoms with Crippen LogP contribution in [0.3, 0.4) is 0 Å². The lowest BCUT2D eigenvalue weighted by atomic mass is 9.96. The lowest BCUT2D eigenvalue weighted by Crippen LogP contribution is -2.01. The second kappa shape index (κ2) is 5.58. The Bertz CT molecular complexity index is 877. The molecule has 23 heavy (non-hydrogen) atoms. The summed E-state index contributed by atoms with van der Waals surface area (Å²) in [6.07, 6.45) is 3.01. The van der Waals surface area contributed by atoms with Crippen molar-refractivity contribution < 1.29 is 0 Å². The third-order valence-electron chi connectivity index (χ3n) is 4.89. The molecule has 0 amide bonds. The number of anilines is 1. The fourth-order valence-corrected chi connectivity index (χ4v) is 3.65. The van der Waals surface area contributed by atoms with E-state index in [1.54, 1.807) is 0 Å². The first-order valence-corrected chi connectivity index (χ1v) is 8.26. The van der Waals surface area contributed by atoms with Crippen molar-refractivity contribution in [2.45, 2.75) is 26.2 Å². The molecule has 0 spiro atoms. The molecule has 1 heteroatoms. The average molecular weight is 299 g/mol. The number of fused-ring (bicyclic) bond motifs is 3. The number of benzene rings is 3. The van der Waals surface area contributed by atoms with E-state index < -0.39 is 0 Å². The summed E-state index contributed by atoms with van der Waals surface area (Å²) >= 11 is 0. The molecule has 4 rings (SSSR count). The monoisotopic (exact) mass is 299 g/mol. The molecule has 0 unspecified atom stereocenters. The molecule has 1 aliphatic carbocycles. The van der Waals surface area contributed by atoms with Crippen molar-refractivity contribution >= 4 is 5.69 Å². The van der Waals surface area contributed by atoms with Gasteiger partial charge in [0.15, 0.2) is 0 Å². The molecule has 2 N–H and O–H groups in total. The predicted octanol–water partition coefficient (Wildman–Crippen LogP) is 4.93. The lowest BCUT2D eigenvalue weighted by Gasteiger charge is -2.11. The summed E-state index contributed by atoms with van der Waals surface area (Å²) in [5.74, 6) is 0. The Labute approximate surface area is 137 Å². The van der Waals surface area contributed by atoms with Gasteiger partial charge in [-0.2, -0.15) is 0 Å². The van der Waals surface area contributed by atoms with E-state index in [-0.39, 0.29) is 0 Å². The first-order valence-electron chi connectivity index (χ1n) is 8.26. The quantitative estimate of drug-likeness (QED) is 0.533. The molecule has 0 atom stereocenters. The smallest absolute Gasteiger partial charge is 0.0388 e. The van der Waals surface area contributed by atoms with Crippen LogP contribution in [-0.2, 0) is 19.3 Å². The Morgan fingerprint density at radius 1 is 0.870 bits per heavy atom. The number of nitrogen functional groups attached to an aromatic ring is 1. The van der Waals surface area contributed by atoms with Crippen LogP contribution in [0.5, 0.6) is 0 Å². The van der Waals surface area contributed by atoms with E-state index in [2.05, 4.69) is 67.6 Å². The van der Waals surface area contributed by atoms with Gasteiger partial charge >= 0.3 is 0 Å². The van der Waals surface area contributed by atoms with Gasteiger partial charge in [0.25, 0.3) is 0 Å². The van der Waals surface area contributed by atoms with Gasteiger partial charge in [-0.15, -0.1) is 0 Å². The SMILES string of the molecule is Cc1cccc(CCc2ccc3c(c2N)Cc2ccccc2-3)c1. The highest BCUT2D eigenvalue weighted by Gasteiger charge is 2.21. The largest absolute Gasteiger partial charge is 0.398 e. The molecule has 0 saturated heterocycles. The first-order chi connectivity index (χ1) is 11.2. The highest BCUT2D eigenvalue weighted by atomic mass is 14.6. The number of aryl methyl sites for hydroxylation is 3. The Balaban J connectivity index is 1.61. The van der Waals surface area contributed by atoms with Crippen molar-refractivity contribution in [2.75, 3.05) is 5.73 Å². The summed E-state index contributed by atoms with van der Waals surface area (Å²) in [5.41, 5.74) is 16.8. The third kappa shape index (κ3) is 2.53. The van der Waals surface area contributed by atoms with Crippen molar-refractivity contribution in [3.63, 3.8) is 0 Å². The van der Waals surface area contributed by atoms with Crippen LogP contribution in [-0.4, -0.2) is 0 Å². The Morgan fingerprint density at radius 2 is 1.74 bits per heavy atom. The molecule has 3 aromatic rings. The lowest BCUT2D eigenvalue weighted by molar-refractivity contribution is 0.958. The standard InChI is InChI=1S/C22H21N/c1-15-5-4-6-16(13-15)9-10-17-11-12-20-19-8-3-2-7-18(19)14-21(20)22(17)23/h2-8,11-13H,9-10,14,23H2,1H3. The zero-order valence-electron chi connectivity index (χ0n) is 13.5. The summed E-state index contributed by atoms with van der Waals surface area (Å²) in [4.78, 5) is 0. The van der Waals surface area contributed by atoms with Crippen molar-refractivity contribution in [2.24, 2.45) is 0 Å². The molecule has 3 aromatic carbocycles. The van der Waals surface area contributed by atoms with Crippen LogP contribution in [0.1, 0.15) is 27.8 Å². The zero-order valence-corrected chi connectivity index (χ0v) is 13.5. The normalized spacial score (nSPS) is 12.0. The van der Waals surface area contributed by atoms with Crippen molar-refractivity contribution in [3.05, 3.63) is 88.5 Å². The molecule has 0 bridgehead atoms. The van der Waals surface area contributed by atoms with Gasteiger partial charge in [-0.25, -0.2) is 0 Å². The van der Waals surface area contributed by atoms with Gasteiger partial charge in [-0.05, 0) is 53.1 Å². The minimum atomic E-state index is 0.968. The molecule has 0 fully saturated rings. The van der Waals surface area contributed by atoms with Crippen LogP contribution in [0.2, 0.25) is 0 Å². The van der Waals surface area contributed by atoms with Crippen molar-refractivity contribution in [3.8, 4) is 11.1 Å². The highest BCUT2D eigenvalue weighted by Crippen LogP contribution is 2.40. The summed E-state index contributed by atoms with van der Waals surface area (Å²) < 4.78 is 0. The number of hydrogen-bond donors (Lipinski definition) is 1. The van der Waals surface area contributed by atoms with Gasteiger partial charge in [0, 0.05) is 12.1 Å². The number of hydrogen-bond acceptors (Lipinski definition) is 1. The number of rotatable bonds is 3. The Morgan fingerprint density at radius 3 is 2.61 bits per heavy atom. The molecule has 0 saturated carbocycles. The fraction of sp³-hybridized carbons (Fsp3) is 0.182. The zero-order chi connectivity index (χ0) is 15.8. The van der Waals surface area contributed by atoms with E-state index in [0.29, 0.717) is 0 Å². The van der Waals surface area contributed by atoms with Crippen molar-refractivity contribution in [1.82, 2.24) is 0 Å². The molecular formula is C22H21N. The van der Waals surface area contributed by atoms with E-state index in [0.717, 1.165) is 24.9 Å². The van der Waals surface area contributed by atoms with Gasteiger partial charge in [0.1, 0.15) is 0 Å². The molecule has 0 radical (unpaired) electrons. The second-order valence-electron chi connectivity index (χ2n) is 6.49. The molecule has 0 aromatic heterocycles. The maximum absolute atomic E-state index is 6.51. The fourth-order valence-electron chi connectivity index (χ4n) is 3.65. The summed E-state index contributed by atoms with van der Waals surface area (Å²) in [7, 11) is 0. The number of nitrogens with two attached hydrogens (primary N) is 1. The van der Waals surface area contributed by atoms with E-state index in [9.17, 15) is 0 Å². The molecule has 0 heterocycles. The van der Waals surface area contributed by atoms with Gasteiger partial charge in [-0.1, -0.05) is 66.2 Å². The molecule has 1 aliphatic rings. The third-order valence-corrected chi connectivity index (χ3v) is 4.89. The van der Waals surface area contributed by atoms with Crippen molar-refractivity contribution in [1.29, 1.82) is 0 Å². The predicted molar refractivity (Wildman–Crippen MR) is 97.7 cm³/mol. The minimum Gasteiger partial charge on any atom is -0.398 e. The minimum absolute atomic E-state index is 0.968. The maximum atomic E-state index is 6.51. The van der Waals surface area contributed by atoms with Crippen LogP contribution in [0.4, 0.5) is 5.69 Å². The van der Waals surface area contributed by atoms with Crippen LogP contribution < -0.4 is 5.73 Å².